The minimum absolute atomic E-state index is 0.239. The summed E-state index contributed by atoms with van der Waals surface area (Å²) >= 11 is 0. The monoisotopic (exact) mass is 252 g/mol. The van der Waals surface area contributed by atoms with Crippen molar-refractivity contribution in [3.05, 3.63) is 0 Å². The molecule has 0 aromatic rings. The maximum absolute atomic E-state index is 12.6. The highest BCUT2D eigenvalue weighted by molar-refractivity contribution is 5.86. The molecule has 0 aromatic heterocycles. The summed E-state index contributed by atoms with van der Waals surface area (Å²) in [7, 11) is 0. The van der Waals surface area contributed by atoms with Gasteiger partial charge in [-0.2, -0.15) is 0 Å². The van der Waals surface area contributed by atoms with E-state index in [1.54, 1.807) is 0 Å². The van der Waals surface area contributed by atoms with Gasteiger partial charge in [-0.3, -0.25) is 4.79 Å². The highest BCUT2D eigenvalue weighted by Crippen LogP contribution is 2.30. The number of piperidine rings is 1. The maximum atomic E-state index is 12.6. The molecule has 2 N–H and O–H groups in total. The van der Waals surface area contributed by atoms with Gasteiger partial charge in [-0.25, -0.2) is 0 Å². The Labute approximate surface area is 111 Å². The zero-order valence-electron chi connectivity index (χ0n) is 11.8. The van der Waals surface area contributed by atoms with E-state index in [1.807, 2.05) is 0 Å². The summed E-state index contributed by atoms with van der Waals surface area (Å²) in [5.41, 5.74) is 5.83. The summed E-state index contributed by atoms with van der Waals surface area (Å²) < 4.78 is 0. The first-order valence-corrected chi connectivity index (χ1v) is 7.74. The number of nitrogens with zero attached hydrogens (tertiary/aromatic N) is 1. The fourth-order valence-corrected chi connectivity index (χ4v) is 3.60. The van der Waals surface area contributed by atoms with Crippen LogP contribution >= 0.6 is 0 Å². The molecule has 1 saturated heterocycles. The molecule has 0 aromatic carbocycles. The first kappa shape index (κ1) is 13.9. The summed E-state index contributed by atoms with van der Waals surface area (Å²) in [5.74, 6) is 0.947. The molecule has 18 heavy (non-hydrogen) atoms. The van der Waals surface area contributed by atoms with E-state index in [2.05, 4.69) is 11.8 Å². The Morgan fingerprint density at radius 1 is 1.28 bits per heavy atom. The normalized spacial score (nSPS) is 28.1. The second-order valence-corrected chi connectivity index (χ2v) is 6.26. The van der Waals surface area contributed by atoms with Gasteiger partial charge in [0.25, 0.3) is 0 Å². The minimum atomic E-state index is -0.535. The van der Waals surface area contributed by atoms with Crippen molar-refractivity contribution in [1.82, 2.24) is 4.90 Å². The predicted molar refractivity (Wildman–Crippen MR) is 74.2 cm³/mol. The molecule has 104 valence electrons. The molecule has 2 rings (SSSR count). The van der Waals surface area contributed by atoms with Crippen molar-refractivity contribution in [2.75, 3.05) is 13.1 Å². The summed E-state index contributed by atoms with van der Waals surface area (Å²) in [4.78, 5) is 14.7. The van der Waals surface area contributed by atoms with Crippen molar-refractivity contribution in [2.45, 2.75) is 70.3 Å². The van der Waals surface area contributed by atoms with Crippen LogP contribution in [0.3, 0.4) is 0 Å². The number of hydrogen-bond acceptors (Lipinski definition) is 2. The van der Waals surface area contributed by atoms with E-state index < -0.39 is 5.54 Å². The second-order valence-electron chi connectivity index (χ2n) is 6.26. The Balaban J connectivity index is 1.95. The first-order chi connectivity index (χ1) is 8.65. The molecule has 1 amide bonds. The van der Waals surface area contributed by atoms with Gasteiger partial charge >= 0.3 is 0 Å². The van der Waals surface area contributed by atoms with E-state index >= 15 is 0 Å². The zero-order valence-corrected chi connectivity index (χ0v) is 11.8. The van der Waals surface area contributed by atoms with Crippen LogP contribution in [0.2, 0.25) is 0 Å². The van der Waals surface area contributed by atoms with Gasteiger partial charge in [-0.05, 0) is 38.0 Å². The molecule has 0 bridgehead atoms. The topological polar surface area (TPSA) is 46.3 Å². The molecule has 1 saturated carbocycles. The largest absolute Gasteiger partial charge is 0.341 e. The Kier molecular flexibility index (Phi) is 4.66. The number of amides is 1. The van der Waals surface area contributed by atoms with Crippen molar-refractivity contribution in [1.29, 1.82) is 0 Å². The Hall–Kier alpha value is -0.570. The summed E-state index contributed by atoms with van der Waals surface area (Å²) in [6.07, 6.45) is 10.2. The fourth-order valence-electron chi connectivity index (χ4n) is 3.60. The van der Waals surface area contributed by atoms with E-state index in [0.717, 1.165) is 45.2 Å². The molecule has 0 spiro atoms. The van der Waals surface area contributed by atoms with Crippen molar-refractivity contribution >= 4 is 5.91 Å². The molecule has 1 aliphatic carbocycles. The van der Waals surface area contributed by atoms with Gasteiger partial charge in [0, 0.05) is 13.1 Å². The number of nitrogens with two attached hydrogens (primary N) is 1. The minimum Gasteiger partial charge on any atom is -0.341 e. The predicted octanol–water partition coefficient (Wildman–Crippen LogP) is 2.69. The smallest absolute Gasteiger partial charge is 0.242 e. The van der Waals surface area contributed by atoms with E-state index in [-0.39, 0.29) is 5.91 Å². The van der Waals surface area contributed by atoms with Gasteiger partial charge in [-0.1, -0.05) is 32.6 Å². The Morgan fingerprint density at radius 2 is 2.00 bits per heavy atom. The number of rotatable bonds is 3. The van der Waals surface area contributed by atoms with Gasteiger partial charge in [0.1, 0.15) is 0 Å². The van der Waals surface area contributed by atoms with E-state index in [1.165, 1.54) is 25.7 Å². The average Bonchev–Trinajstić information content (AvgIpc) is 2.39. The third kappa shape index (κ3) is 3.05. The lowest BCUT2D eigenvalue weighted by atomic mass is 9.80. The molecule has 0 radical (unpaired) electrons. The Morgan fingerprint density at radius 3 is 2.67 bits per heavy atom. The lowest BCUT2D eigenvalue weighted by Gasteiger charge is -2.40. The van der Waals surface area contributed by atoms with Crippen LogP contribution in [0.5, 0.6) is 0 Å². The number of carbonyl (C=O) groups excluding carboxylic acids is 1. The van der Waals surface area contributed by atoms with Crippen LogP contribution in [0.1, 0.15) is 64.7 Å². The third-order valence-corrected chi connectivity index (χ3v) is 4.67. The standard InChI is InChI=1S/C15H28N2O/c1-2-7-13-8-6-11-17(12-13)14(18)15(16)9-4-3-5-10-15/h13H,2-12,16H2,1H3. The van der Waals surface area contributed by atoms with Crippen molar-refractivity contribution in [2.24, 2.45) is 11.7 Å². The van der Waals surface area contributed by atoms with Gasteiger partial charge in [0.15, 0.2) is 0 Å². The lowest BCUT2D eigenvalue weighted by molar-refractivity contribution is -0.140. The number of likely N-dealkylation sites (tertiary alicyclic amines) is 1. The molecule has 1 atom stereocenters. The molecule has 1 heterocycles. The van der Waals surface area contributed by atoms with Crippen LogP contribution in [0.4, 0.5) is 0 Å². The maximum Gasteiger partial charge on any atom is 0.242 e. The molecule has 2 fully saturated rings. The van der Waals surface area contributed by atoms with Crippen LogP contribution in [0.15, 0.2) is 0 Å². The van der Waals surface area contributed by atoms with Crippen LogP contribution in [-0.4, -0.2) is 29.4 Å². The zero-order chi connectivity index (χ0) is 13.0. The number of carbonyl (C=O) groups is 1. The van der Waals surface area contributed by atoms with Gasteiger partial charge < -0.3 is 10.6 Å². The summed E-state index contributed by atoms with van der Waals surface area (Å²) in [6.45, 7) is 4.11. The van der Waals surface area contributed by atoms with E-state index in [4.69, 9.17) is 5.73 Å². The van der Waals surface area contributed by atoms with Crippen LogP contribution in [0.25, 0.3) is 0 Å². The van der Waals surface area contributed by atoms with Gasteiger partial charge in [0.2, 0.25) is 5.91 Å². The average molecular weight is 252 g/mol. The van der Waals surface area contributed by atoms with Crippen LogP contribution < -0.4 is 5.73 Å². The second kappa shape index (κ2) is 6.05. The first-order valence-electron chi connectivity index (χ1n) is 7.74. The lowest BCUT2D eigenvalue weighted by Crippen LogP contribution is -2.58. The van der Waals surface area contributed by atoms with E-state index in [0.29, 0.717) is 5.92 Å². The fraction of sp³-hybridized carbons (Fsp3) is 0.933. The van der Waals surface area contributed by atoms with Crippen LogP contribution in [-0.2, 0) is 4.79 Å². The van der Waals surface area contributed by atoms with Gasteiger partial charge in [0.05, 0.1) is 5.54 Å². The molecule has 1 aliphatic heterocycles. The molecule has 1 unspecified atom stereocenters. The number of hydrogen-bond donors (Lipinski definition) is 1. The van der Waals surface area contributed by atoms with Crippen LogP contribution in [0, 0.1) is 5.92 Å². The summed E-state index contributed by atoms with van der Waals surface area (Å²) in [6, 6.07) is 0. The van der Waals surface area contributed by atoms with Crippen molar-refractivity contribution in [3.63, 3.8) is 0 Å². The van der Waals surface area contributed by atoms with Crippen molar-refractivity contribution in [3.8, 4) is 0 Å². The van der Waals surface area contributed by atoms with E-state index in [9.17, 15) is 4.79 Å². The molecular weight excluding hydrogens is 224 g/mol. The molecule has 3 heteroatoms. The van der Waals surface area contributed by atoms with Crippen molar-refractivity contribution < 1.29 is 4.79 Å². The quantitative estimate of drug-likeness (QED) is 0.839. The van der Waals surface area contributed by atoms with Gasteiger partial charge in [-0.15, -0.1) is 0 Å². The Bertz CT molecular complexity index is 282. The highest BCUT2D eigenvalue weighted by atomic mass is 16.2. The molecule has 2 aliphatic rings. The molecular formula is C15H28N2O. The highest BCUT2D eigenvalue weighted by Gasteiger charge is 2.39. The summed E-state index contributed by atoms with van der Waals surface area (Å²) in [5, 5.41) is 0. The molecule has 3 nitrogen and oxygen atoms in total. The SMILES string of the molecule is CCCC1CCCN(C(=O)C2(N)CCCCC2)C1. The third-order valence-electron chi connectivity index (χ3n) is 4.67.